The van der Waals surface area contributed by atoms with Gasteiger partial charge in [0.05, 0.1) is 0 Å². The molecule has 2 rings (SSSR count). The Labute approximate surface area is 146 Å². The number of nitrogens with one attached hydrogen (secondary N) is 1. The number of hydrogen-bond donors (Lipinski definition) is 2. The fourth-order valence-corrected chi connectivity index (χ4v) is 3.47. The number of guanidine groups is 1. The van der Waals surface area contributed by atoms with Gasteiger partial charge in [0.25, 0.3) is 0 Å². The van der Waals surface area contributed by atoms with Crippen molar-refractivity contribution in [1.29, 1.82) is 0 Å². The third kappa shape index (κ3) is 6.28. The van der Waals surface area contributed by atoms with Gasteiger partial charge >= 0.3 is 0 Å². The number of piperidine rings is 1. The van der Waals surface area contributed by atoms with E-state index in [2.05, 4.69) is 34.1 Å². The number of likely N-dealkylation sites (N-methyl/N-ethyl adjacent to an activating group) is 1. The van der Waals surface area contributed by atoms with Crippen molar-refractivity contribution in [2.45, 2.75) is 38.6 Å². The van der Waals surface area contributed by atoms with E-state index in [4.69, 9.17) is 5.73 Å². The summed E-state index contributed by atoms with van der Waals surface area (Å²) in [6.45, 7) is 8.78. The normalized spacial score (nSPS) is 28.4. The largest absolute Gasteiger partial charge is 0.370 e. The van der Waals surface area contributed by atoms with Crippen LogP contribution >= 0.6 is 24.0 Å². The van der Waals surface area contributed by atoms with Crippen LogP contribution in [0.25, 0.3) is 0 Å². The second kappa shape index (κ2) is 9.84. The number of hydrogen-bond acceptors (Lipinski definition) is 3. The van der Waals surface area contributed by atoms with Crippen LogP contribution < -0.4 is 11.1 Å². The Hall–Kier alpha value is -0.0800. The van der Waals surface area contributed by atoms with Gasteiger partial charge < -0.3 is 16.0 Å². The maximum Gasteiger partial charge on any atom is 0.188 e. The van der Waals surface area contributed by atoms with Gasteiger partial charge in [-0.05, 0) is 58.3 Å². The summed E-state index contributed by atoms with van der Waals surface area (Å²) in [4.78, 5) is 9.45. The summed E-state index contributed by atoms with van der Waals surface area (Å²) in [5, 5.41) is 3.31. The minimum atomic E-state index is 0. The molecule has 2 fully saturated rings. The molecular formula is C15H32IN5. The number of rotatable bonds is 5. The molecule has 0 amide bonds. The first-order chi connectivity index (χ1) is 9.69. The van der Waals surface area contributed by atoms with Crippen LogP contribution in [0.2, 0.25) is 0 Å². The van der Waals surface area contributed by atoms with E-state index < -0.39 is 0 Å². The van der Waals surface area contributed by atoms with Crippen molar-refractivity contribution < 1.29 is 0 Å². The molecule has 3 N–H and O–H groups in total. The highest BCUT2D eigenvalue weighted by Gasteiger charge is 2.22. The zero-order chi connectivity index (χ0) is 14.4. The first-order valence-corrected chi connectivity index (χ1v) is 8.15. The van der Waals surface area contributed by atoms with E-state index in [0.717, 1.165) is 26.2 Å². The molecular weight excluding hydrogens is 377 g/mol. The highest BCUT2D eigenvalue weighted by Crippen LogP contribution is 2.16. The van der Waals surface area contributed by atoms with Gasteiger partial charge in [0, 0.05) is 25.7 Å². The monoisotopic (exact) mass is 409 g/mol. The van der Waals surface area contributed by atoms with Gasteiger partial charge in [-0.15, -0.1) is 24.0 Å². The second-order valence-electron chi connectivity index (χ2n) is 6.30. The Balaban J connectivity index is 0.00000220. The number of nitrogens with two attached hydrogens (primary N) is 1. The van der Waals surface area contributed by atoms with E-state index in [1.807, 2.05) is 0 Å². The van der Waals surface area contributed by atoms with Crippen LogP contribution in [-0.2, 0) is 0 Å². The maximum atomic E-state index is 6.00. The van der Waals surface area contributed by atoms with Gasteiger partial charge in [-0.2, -0.15) is 0 Å². The predicted molar refractivity (Wildman–Crippen MR) is 100 cm³/mol. The van der Waals surface area contributed by atoms with Gasteiger partial charge in [0.2, 0.25) is 0 Å². The van der Waals surface area contributed by atoms with Crippen LogP contribution in [0, 0.1) is 5.92 Å². The quantitative estimate of drug-likeness (QED) is 0.409. The molecule has 0 spiro atoms. The molecule has 0 bridgehead atoms. The minimum Gasteiger partial charge on any atom is -0.370 e. The number of halogens is 1. The average molecular weight is 409 g/mol. The SMILES string of the molecule is CCN1CCCC1CNC(N)=NCC1CCCN(C)C1.I. The lowest BCUT2D eigenvalue weighted by atomic mass is 9.99. The van der Waals surface area contributed by atoms with Crippen LogP contribution in [0.4, 0.5) is 0 Å². The Morgan fingerprint density at radius 3 is 2.76 bits per heavy atom. The van der Waals surface area contributed by atoms with E-state index in [9.17, 15) is 0 Å². The van der Waals surface area contributed by atoms with E-state index in [0.29, 0.717) is 17.9 Å². The number of likely N-dealkylation sites (tertiary alicyclic amines) is 2. The molecule has 2 atom stereocenters. The molecule has 2 heterocycles. The molecule has 6 heteroatoms. The lowest BCUT2D eigenvalue weighted by Crippen LogP contribution is -2.43. The zero-order valence-corrected chi connectivity index (χ0v) is 15.9. The molecule has 2 aliphatic heterocycles. The average Bonchev–Trinajstić information content (AvgIpc) is 2.90. The lowest BCUT2D eigenvalue weighted by molar-refractivity contribution is 0.214. The molecule has 5 nitrogen and oxygen atoms in total. The van der Waals surface area contributed by atoms with Gasteiger partial charge in [0.15, 0.2) is 5.96 Å². The molecule has 0 aromatic rings. The summed E-state index contributed by atoms with van der Waals surface area (Å²) >= 11 is 0. The molecule has 0 aliphatic carbocycles. The van der Waals surface area contributed by atoms with Crippen molar-refractivity contribution in [2.75, 3.05) is 46.3 Å². The first kappa shape index (κ1) is 19.0. The topological polar surface area (TPSA) is 56.9 Å². The molecule has 2 saturated heterocycles. The van der Waals surface area contributed by atoms with Gasteiger partial charge in [-0.3, -0.25) is 9.89 Å². The highest BCUT2D eigenvalue weighted by atomic mass is 127. The van der Waals surface area contributed by atoms with Gasteiger partial charge in [-0.1, -0.05) is 6.92 Å². The van der Waals surface area contributed by atoms with E-state index in [-0.39, 0.29) is 24.0 Å². The van der Waals surface area contributed by atoms with Crippen molar-refractivity contribution in [3.8, 4) is 0 Å². The minimum absolute atomic E-state index is 0. The van der Waals surface area contributed by atoms with E-state index in [1.165, 1.54) is 38.8 Å². The molecule has 2 aliphatic rings. The van der Waals surface area contributed by atoms with Crippen LogP contribution in [-0.4, -0.2) is 68.1 Å². The molecule has 124 valence electrons. The second-order valence-corrected chi connectivity index (χ2v) is 6.30. The fraction of sp³-hybridized carbons (Fsp3) is 0.933. The van der Waals surface area contributed by atoms with Crippen LogP contribution in [0.5, 0.6) is 0 Å². The van der Waals surface area contributed by atoms with E-state index in [1.54, 1.807) is 0 Å². The Morgan fingerprint density at radius 2 is 2.05 bits per heavy atom. The Morgan fingerprint density at radius 1 is 1.29 bits per heavy atom. The summed E-state index contributed by atoms with van der Waals surface area (Å²) in [7, 11) is 2.19. The van der Waals surface area contributed by atoms with Crippen LogP contribution in [0.1, 0.15) is 32.6 Å². The molecule has 0 aromatic carbocycles. The first-order valence-electron chi connectivity index (χ1n) is 8.15. The van der Waals surface area contributed by atoms with Crippen LogP contribution in [0.15, 0.2) is 4.99 Å². The molecule has 21 heavy (non-hydrogen) atoms. The zero-order valence-electron chi connectivity index (χ0n) is 13.6. The third-order valence-corrected chi connectivity index (χ3v) is 4.67. The summed E-state index contributed by atoms with van der Waals surface area (Å²) in [5.74, 6) is 1.30. The van der Waals surface area contributed by atoms with Crippen molar-refractivity contribution in [3.05, 3.63) is 0 Å². The van der Waals surface area contributed by atoms with Gasteiger partial charge in [0.1, 0.15) is 0 Å². The standard InChI is InChI=1S/C15H31N5.HI/c1-3-20-9-5-7-14(20)11-18-15(16)17-10-13-6-4-8-19(2)12-13;/h13-14H,3-12H2,1-2H3,(H3,16,17,18);1H. The van der Waals surface area contributed by atoms with Crippen LogP contribution in [0.3, 0.4) is 0 Å². The smallest absolute Gasteiger partial charge is 0.188 e. The number of aliphatic imine (C=N–C) groups is 1. The molecule has 0 saturated carbocycles. The summed E-state index contributed by atoms with van der Waals surface area (Å²) in [6.07, 6.45) is 5.16. The highest BCUT2D eigenvalue weighted by molar-refractivity contribution is 14.0. The number of nitrogens with zero attached hydrogens (tertiary/aromatic N) is 3. The van der Waals surface area contributed by atoms with Crippen molar-refractivity contribution in [3.63, 3.8) is 0 Å². The summed E-state index contributed by atoms with van der Waals surface area (Å²) < 4.78 is 0. The van der Waals surface area contributed by atoms with E-state index >= 15 is 0 Å². The van der Waals surface area contributed by atoms with Crippen molar-refractivity contribution in [1.82, 2.24) is 15.1 Å². The van der Waals surface area contributed by atoms with Gasteiger partial charge in [-0.25, -0.2) is 0 Å². The maximum absolute atomic E-state index is 6.00. The summed E-state index contributed by atoms with van der Waals surface area (Å²) in [6, 6.07) is 0.634. The van der Waals surface area contributed by atoms with Crippen molar-refractivity contribution in [2.24, 2.45) is 16.6 Å². The predicted octanol–water partition coefficient (Wildman–Crippen LogP) is 1.33. The Kier molecular flexibility index (Phi) is 8.89. The molecule has 0 aromatic heterocycles. The molecule has 0 radical (unpaired) electrons. The fourth-order valence-electron chi connectivity index (χ4n) is 3.47. The summed E-state index contributed by atoms with van der Waals surface area (Å²) in [5.41, 5.74) is 6.00. The third-order valence-electron chi connectivity index (χ3n) is 4.67. The Bertz CT molecular complexity index is 323. The lowest BCUT2D eigenvalue weighted by Gasteiger charge is -2.28. The van der Waals surface area contributed by atoms with Crippen molar-refractivity contribution >= 4 is 29.9 Å². The molecule has 2 unspecified atom stereocenters.